The van der Waals surface area contributed by atoms with Crippen molar-refractivity contribution in [2.45, 2.75) is 20.0 Å². The highest BCUT2D eigenvalue weighted by atomic mass is 16.5. The topological polar surface area (TPSA) is 59.9 Å². The molecule has 0 amide bonds. The number of para-hydroxylation sites is 1. The van der Waals surface area contributed by atoms with Crippen molar-refractivity contribution in [1.29, 1.82) is 0 Å². The second-order valence-electron chi connectivity index (χ2n) is 3.97. The summed E-state index contributed by atoms with van der Waals surface area (Å²) in [4.78, 5) is 4.35. The molecule has 0 atom stereocenters. The molecule has 0 spiro atoms. The minimum Gasteiger partial charge on any atom is -0.377 e. The zero-order valence-corrected chi connectivity index (χ0v) is 10.1. The van der Waals surface area contributed by atoms with Gasteiger partial charge in [-0.25, -0.2) is 4.98 Å². The fourth-order valence-electron chi connectivity index (χ4n) is 1.41. The third-order valence-electron chi connectivity index (χ3n) is 2.20. The van der Waals surface area contributed by atoms with Gasteiger partial charge < -0.3 is 10.1 Å². The van der Waals surface area contributed by atoms with Crippen LogP contribution < -0.4 is 5.32 Å². The third kappa shape index (κ3) is 3.35. The molecule has 0 saturated heterocycles. The van der Waals surface area contributed by atoms with E-state index in [0.717, 1.165) is 11.0 Å². The van der Waals surface area contributed by atoms with Crippen LogP contribution in [0.5, 0.6) is 0 Å². The Labute approximate surface area is 100 Å². The van der Waals surface area contributed by atoms with Gasteiger partial charge in [-0.15, -0.1) is 10.2 Å². The van der Waals surface area contributed by atoms with Gasteiger partial charge in [0.2, 0.25) is 5.95 Å². The molecule has 0 fully saturated rings. The fourth-order valence-corrected chi connectivity index (χ4v) is 1.41. The first-order valence-electron chi connectivity index (χ1n) is 5.70. The Kier molecular flexibility index (Phi) is 3.82. The van der Waals surface area contributed by atoms with Crippen LogP contribution in [-0.4, -0.2) is 34.4 Å². The molecule has 0 aliphatic heterocycles. The molecule has 0 aliphatic rings. The summed E-state index contributed by atoms with van der Waals surface area (Å²) in [7, 11) is 0. The maximum atomic E-state index is 5.41. The van der Waals surface area contributed by atoms with Gasteiger partial charge in [-0.1, -0.05) is 12.1 Å². The van der Waals surface area contributed by atoms with E-state index in [1.807, 2.05) is 38.1 Å². The Bertz CT molecular complexity index is 487. The van der Waals surface area contributed by atoms with Gasteiger partial charge in [0.15, 0.2) is 0 Å². The average molecular weight is 232 g/mol. The Morgan fingerprint density at radius 2 is 1.94 bits per heavy atom. The lowest BCUT2D eigenvalue weighted by Gasteiger charge is -2.08. The summed E-state index contributed by atoms with van der Waals surface area (Å²) in [6.07, 6.45) is 0.243. The van der Waals surface area contributed by atoms with Gasteiger partial charge in [-0.2, -0.15) is 0 Å². The molecule has 0 unspecified atom stereocenters. The van der Waals surface area contributed by atoms with Crippen molar-refractivity contribution in [2.75, 3.05) is 18.5 Å². The van der Waals surface area contributed by atoms with E-state index in [4.69, 9.17) is 4.74 Å². The highest BCUT2D eigenvalue weighted by Gasteiger charge is 2.00. The lowest BCUT2D eigenvalue weighted by molar-refractivity contribution is 0.0870. The minimum absolute atomic E-state index is 0.243. The van der Waals surface area contributed by atoms with Gasteiger partial charge in [-0.05, 0) is 26.0 Å². The van der Waals surface area contributed by atoms with Gasteiger partial charge in [0.25, 0.3) is 0 Å². The van der Waals surface area contributed by atoms with E-state index in [0.29, 0.717) is 19.1 Å². The Hall–Kier alpha value is -1.75. The first kappa shape index (κ1) is 11.7. The molecule has 0 radical (unpaired) electrons. The summed E-state index contributed by atoms with van der Waals surface area (Å²) in [5.41, 5.74) is 1.64. The molecular weight excluding hydrogens is 216 g/mol. The minimum atomic E-state index is 0.243. The number of nitrogens with zero attached hydrogens (tertiary/aromatic N) is 3. The quantitative estimate of drug-likeness (QED) is 0.797. The predicted octanol–water partition coefficient (Wildman–Crippen LogP) is 1.86. The molecule has 0 aliphatic carbocycles. The molecule has 1 aromatic carbocycles. The van der Waals surface area contributed by atoms with Crippen molar-refractivity contribution in [3.05, 3.63) is 24.3 Å². The van der Waals surface area contributed by atoms with Crippen molar-refractivity contribution in [2.24, 2.45) is 0 Å². The molecule has 1 heterocycles. The Balaban J connectivity index is 1.95. The van der Waals surface area contributed by atoms with Crippen LogP contribution in [0.3, 0.4) is 0 Å². The first-order chi connectivity index (χ1) is 8.25. The summed E-state index contributed by atoms with van der Waals surface area (Å²) in [6.45, 7) is 5.33. The van der Waals surface area contributed by atoms with Crippen LogP contribution in [0, 0.1) is 0 Å². The summed E-state index contributed by atoms with van der Waals surface area (Å²) in [5.74, 6) is 0.538. The van der Waals surface area contributed by atoms with Crippen molar-refractivity contribution in [3.63, 3.8) is 0 Å². The normalized spacial score (nSPS) is 11.0. The number of hydrogen-bond acceptors (Lipinski definition) is 5. The average Bonchev–Trinajstić information content (AvgIpc) is 2.34. The van der Waals surface area contributed by atoms with E-state index in [9.17, 15) is 0 Å². The second kappa shape index (κ2) is 5.54. The third-order valence-corrected chi connectivity index (χ3v) is 2.20. The Morgan fingerprint density at radius 3 is 2.71 bits per heavy atom. The van der Waals surface area contributed by atoms with Crippen LogP contribution in [0.25, 0.3) is 11.0 Å². The van der Waals surface area contributed by atoms with E-state index in [-0.39, 0.29) is 6.10 Å². The van der Waals surface area contributed by atoms with Gasteiger partial charge >= 0.3 is 0 Å². The fraction of sp³-hybridized carbons (Fsp3) is 0.417. The van der Waals surface area contributed by atoms with E-state index < -0.39 is 0 Å². The molecule has 0 bridgehead atoms. The maximum absolute atomic E-state index is 5.41. The summed E-state index contributed by atoms with van der Waals surface area (Å²) < 4.78 is 5.41. The summed E-state index contributed by atoms with van der Waals surface area (Å²) in [5, 5.41) is 11.2. The highest BCUT2D eigenvalue weighted by molar-refractivity contribution is 5.73. The van der Waals surface area contributed by atoms with Crippen LogP contribution in [-0.2, 0) is 4.74 Å². The van der Waals surface area contributed by atoms with Gasteiger partial charge in [-0.3, -0.25) is 0 Å². The van der Waals surface area contributed by atoms with Crippen LogP contribution >= 0.6 is 0 Å². The largest absolute Gasteiger partial charge is 0.377 e. The number of benzene rings is 1. The number of aromatic nitrogens is 3. The van der Waals surface area contributed by atoms with Crippen molar-refractivity contribution in [3.8, 4) is 0 Å². The van der Waals surface area contributed by atoms with Crippen molar-refractivity contribution >= 4 is 17.0 Å². The molecule has 2 rings (SSSR count). The smallest absolute Gasteiger partial charge is 0.243 e. The van der Waals surface area contributed by atoms with Gasteiger partial charge in [0.1, 0.15) is 5.52 Å². The Morgan fingerprint density at radius 1 is 1.18 bits per heavy atom. The van der Waals surface area contributed by atoms with Crippen LogP contribution in [0.2, 0.25) is 0 Å². The first-order valence-corrected chi connectivity index (χ1v) is 5.70. The van der Waals surface area contributed by atoms with E-state index in [1.165, 1.54) is 0 Å². The number of anilines is 1. The molecule has 0 saturated carbocycles. The zero-order valence-electron chi connectivity index (χ0n) is 10.1. The summed E-state index contributed by atoms with van der Waals surface area (Å²) in [6, 6.07) is 7.66. The zero-order chi connectivity index (χ0) is 12.1. The van der Waals surface area contributed by atoms with Crippen molar-refractivity contribution in [1.82, 2.24) is 15.2 Å². The second-order valence-corrected chi connectivity index (χ2v) is 3.97. The molecule has 17 heavy (non-hydrogen) atoms. The number of hydrogen-bond donors (Lipinski definition) is 1. The molecule has 1 aromatic heterocycles. The molecule has 5 nitrogen and oxygen atoms in total. The lowest BCUT2D eigenvalue weighted by atomic mass is 10.3. The van der Waals surface area contributed by atoms with Gasteiger partial charge in [0.05, 0.1) is 18.2 Å². The van der Waals surface area contributed by atoms with Gasteiger partial charge in [0, 0.05) is 6.54 Å². The maximum Gasteiger partial charge on any atom is 0.243 e. The van der Waals surface area contributed by atoms with Crippen molar-refractivity contribution < 1.29 is 4.74 Å². The lowest BCUT2D eigenvalue weighted by Crippen LogP contribution is -2.14. The molecule has 2 aromatic rings. The number of nitrogens with one attached hydrogen (secondary N) is 1. The van der Waals surface area contributed by atoms with E-state index in [2.05, 4.69) is 20.5 Å². The van der Waals surface area contributed by atoms with E-state index in [1.54, 1.807) is 0 Å². The van der Waals surface area contributed by atoms with Crippen LogP contribution in [0.15, 0.2) is 24.3 Å². The van der Waals surface area contributed by atoms with Crippen LogP contribution in [0.4, 0.5) is 5.95 Å². The number of ether oxygens (including phenoxy) is 1. The van der Waals surface area contributed by atoms with Crippen LogP contribution in [0.1, 0.15) is 13.8 Å². The summed E-state index contributed by atoms with van der Waals surface area (Å²) >= 11 is 0. The predicted molar refractivity (Wildman–Crippen MR) is 66.9 cm³/mol. The SMILES string of the molecule is CC(C)OCCNc1nnc2ccccc2n1. The van der Waals surface area contributed by atoms with E-state index >= 15 is 0 Å². The molecular formula is C12H16N4O. The monoisotopic (exact) mass is 232 g/mol. The molecule has 1 N–H and O–H groups in total. The highest BCUT2D eigenvalue weighted by Crippen LogP contribution is 2.08. The number of fused-ring (bicyclic) bond motifs is 1. The molecule has 5 heteroatoms. The number of rotatable bonds is 5. The molecule has 90 valence electrons. The standard InChI is InChI=1S/C12H16N4O/c1-9(2)17-8-7-13-12-14-10-5-3-4-6-11(10)15-16-12/h3-6,9H,7-8H2,1-2H3,(H,13,14,16).